The van der Waals surface area contributed by atoms with E-state index in [0.717, 1.165) is 16.9 Å². The van der Waals surface area contributed by atoms with Gasteiger partial charge in [-0.3, -0.25) is 0 Å². The molecule has 0 aliphatic rings. The van der Waals surface area contributed by atoms with Crippen LogP contribution < -0.4 is 10.1 Å². The molecule has 2 N–H and O–H groups in total. The van der Waals surface area contributed by atoms with E-state index in [9.17, 15) is 9.90 Å². The lowest BCUT2D eigenvalue weighted by atomic mass is 10.1. The zero-order valence-electron chi connectivity index (χ0n) is 15.4. The fourth-order valence-electron chi connectivity index (χ4n) is 2.33. The van der Waals surface area contributed by atoms with Crippen molar-refractivity contribution in [3.63, 3.8) is 0 Å². The van der Waals surface area contributed by atoms with Crippen molar-refractivity contribution in [3.05, 3.63) is 70.8 Å². The summed E-state index contributed by atoms with van der Waals surface area (Å²) in [6.45, 7) is 2.85. The van der Waals surface area contributed by atoms with Crippen LogP contribution in [-0.2, 0) is 9.53 Å². The van der Waals surface area contributed by atoms with Crippen molar-refractivity contribution in [1.82, 2.24) is 5.32 Å². The number of hydrogen-bond donors (Lipinski definition) is 2. The van der Waals surface area contributed by atoms with Crippen LogP contribution in [0.3, 0.4) is 0 Å². The van der Waals surface area contributed by atoms with Crippen molar-refractivity contribution in [3.8, 4) is 5.75 Å². The second kappa shape index (κ2) is 10.7. The number of hydrogen-bond acceptors (Lipinski definition) is 5. The number of esters is 1. The first-order valence-corrected chi connectivity index (χ1v) is 9.01. The van der Waals surface area contributed by atoms with E-state index in [1.54, 1.807) is 18.2 Å². The molecule has 0 saturated heterocycles. The lowest BCUT2D eigenvalue weighted by molar-refractivity contribution is -0.134. The molecule has 0 spiro atoms. The molecule has 2 rings (SSSR count). The summed E-state index contributed by atoms with van der Waals surface area (Å²) in [5.74, 6) is 0.337. The molecule has 0 saturated carbocycles. The highest BCUT2D eigenvalue weighted by atomic mass is 35.5. The molecule has 0 aliphatic heterocycles. The Morgan fingerprint density at radius 1 is 1.26 bits per heavy atom. The first-order chi connectivity index (χ1) is 13.0. The summed E-state index contributed by atoms with van der Waals surface area (Å²) >= 11 is 5.94. The Morgan fingerprint density at radius 3 is 2.67 bits per heavy atom. The summed E-state index contributed by atoms with van der Waals surface area (Å²) in [4.78, 5) is 11.1. The van der Waals surface area contributed by atoms with E-state index in [2.05, 4.69) is 10.1 Å². The average molecular weight is 390 g/mol. The van der Waals surface area contributed by atoms with Crippen molar-refractivity contribution in [2.24, 2.45) is 0 Å². The number of rotatable bonds is 9. The summed E-state index contributed by atoms with van der Waals surface area (Å²) in [5.41, 5.74) is 1.65. The lowest BCUT2D eigenvalue weighted by Crippen LogP contribution is -2.34. The summed E-state index contributed by atoms with van der Waals surface area (Å²) in [6.07, 6.45) is 2.41. The Labute approximate surface area is 164 Å². The van der Waals surface area contributed by atoms with Gasteiger partial charge in [0.1, 0.15) is 12.4 Å². The Balaban J connectivity index is 1.75. The number of aliphatic hydroxyl groups is 1. The van der Waals surface area contributed by atoms with E-state index in [1.807, 2.05) is 43.3 Å². The van der Waals surface area contributed by atoms with Gasteiger partial charge >= 0.3 is 5.97 Å². The molecule has 2 unspecified atom stereocenters. The third kappa shape index (κ3) is 7.43. The molecule has 0 amide bonds. The normalized spacial score (nSPS) is 13.3. The maximum Gasteiger partial charge on any atom is 0.330 e. The van der Waals surface area contributed by atoms with Gasteiger partial charge in [-0.1, -0.05) is 35.9 Å². The van der Waals surface area contributed by atoms with Gasteiger partial charge < -0.3 is 19.9 Å². The van der Waals surface area contributed by atoms with Crippen LogP contribution in [0.15, 0.2) is 54.6 Å². The number of ether oxygens (including phenoxy) is 2. The molecule has 2 aromatic carbocycles. The van der Waals surface area contributed by atoms with Crippen molar-refractivity contribution < 1.29 is 19.4 Å². The monoisotopic (exact) mass is 389 g/mol. The maximum absolute atomic E-state index is 11.1. The van der Waals surface area contributed by atoms with Crippen molar-refractivity contribution >= 4 is 23.6 Å². The Morgan fingerprint density at radius 2 is 2.00 bits per heavy atom. The maximum atomic E-state index is 11.1. The molecule has 2 atom stereocenters. The van der Waals surface area contributed by atoms with Gasteiger partial charge in [0.05, 0.1) is 13.2 Å². The quantitative estimate of drug-likeness (QED) is 0.506. The fraction of sp³-hybridized carbons (Fsp3) is 0.286. The van der Waals surface area contributed by atoms with Crippen LogP contribution in [0.4, 0.5) is 0 Å². The lowest BCUT2D eigenvalue weighted by Gasteiger charge is -2.18. The minimum atomic E-state index is -0.632. The number of carbonyl (C=O) groups is 1. The summed E-state index contributed by atoms with van der Waals surface area (Å²) in [5, 5.41) is 14.1. The van der Waals surface area contributed by atoms with Gasteiger partial charge in [-0.05, 0) is 48.4 Å². The Bertz CT molecular complexity index is 761. The van der Waals surface area contributed by atoms with Crippen LogP contribution in [0.2, 0.25) is 5.02 Å². The topological polar surface area (TPSA) is 67.8 Å². The average Bonchev–Trinajstić information content (AvgIpc) is 2.69. The molecular formula is C21H24ClNO4. The Hall–Kier alpha value is -2.34. The molecule has 6 heteroatoms. The number of carbonyl (C=O) groups excluding carboxylic acids is 1. The summed E-state index contributed by atoms with van der Waals surface area (Å²) in [7, 11) is 1.34. The minimum Gasteiger partial charge on any atom is -0.492 e. The highest BCUT2D eigenvalue weighted by molar-refractivity contribution is 6.30. The van der Waals surface area contributed by atoms with Crippen LogP contribution in [-0.4, -0.2) is 37.4 Å². The van der Waals surface area contributed by atoms with Gasteiger partial charge in [-0.15, -0.1) is 0 Å². The largest absolute Gasteiger partial charge is 0.492 e. The van der Waals surface area contributed by atoms with Gasteiger partial charge in [0, 0.05) is 23.7 Å². The fourth-order valence-corrected chi connectivity index (χ4v) is 2.53. The SMILES string of the molecule is COC(=O)/C=C/c1ccc(OCC(C)NCC(O)c2cccc(Cl)c2)cc1. The van der Waals surface area contributed by atoms with E-state index in [4.69, 9.17) is 16.3 Å². The standard InChI is InChI=1S/C21H24ClNO4/c1-15(23-13-20(24)17-4-3-5-18(22)12-17)14-27-19-9-6-16(7-10-19)8-11-21(25)26-2/h3-12,15,20,23-24H,13-14H2,1-2H3/b11-8+. The molecule has 144 valence electrons. The first-order valence-electron chi connectivity index (χ1n) is 8.63. The van der Waals surface area contributed by atoms with Crippen LogP contribution in [0.1, 0.15) is 24.2 Å². The van der Waals surface area contributed by atoms with E-state index < -0.39 is 12.1 Å². The number of methoxy groups -OCH3 is 1. The highest BCUT2D eigenvalue weighted by Gasteiger charge is 2.10. The third-order valence-corrected chi connectivity index (χ3v) is 4.12. The predicted molar refractivity (Wildman–Crippen MR) is 107 cm³/mol. The molecule has 0 radical (unpaired) electrons. The van der Waals surface area contributed by atoms with E-state index >= 15 is 0 Å². The third-order valence-electron chi connectivity index (χ3n) is 3.89. The molecule has 2 aromatic rings. The number of halogens is 1. The molecule has 0 fully saturated rings. The van der Waals surface area contributed by atoms with Crippen LogP contribution in [0, 0.1) is 0 Å². The van der Waals surface area contributed by atoms with Crippen molar-refractivity contribution in [2.75, 3.05) is 20.3 Å². The van der Waals surface area contributed by atoms with E-state index in [-0.39, 0.29) is 6.04 Å². The Kier molecular flexibility index (Phi) is 8.33. The summed E-state index contributed by atoms with van der Waals surface area (Å²) < 4.78 is 10.3. The number of nitrogens with one attached hydrogen (secondary N) is 1. The van der Waals surface area contributed by atoms with E-state index in [1.165, 1.54) is 13.2 Å². The second-order valence-corrected chi connectivity index (χ2v) is 6.55. The molecule has 27 heavy (non-hydrogen) atoms. The zero-order chi connectivity index (χ0) is 19.6. The smallest absolute Gasteiger partial charge is 0.330 e. The van der Waals surface area contributed by atoms with Crippen LogP contribution >= 0.6 is 11.6 Å². The van der Waals surface area contributed by atoms with Gasteiger partial charge in [-0.2, -0.15) is 0 Å². The molecule has 0 aliphatic carbocycles. The van der Waals surface area contributed by atoms with Gasteiger partial charge in [0.15, 0.2) is 0 Å². The van der Waals surface area contributed by atoms with Gasteiger partial charge in [-0.25, -0.2) is 4.79 Å². The second-order valence-electron chi connectivity index (χ2n) is 6.12. The number of aliphatic hydroxyl groups excluding tert-OH is 1. The summed E-state index contributed by atoms with van der Waals surface area (Å²) in [6, 6.07) is 14.6. The molecule has 0 heterocycles. The van der Waals surface area contributed by atoms with E-state index in [0.29, 0.717) is 18.2 Å². The van der Waals surface area contributed by atoms with Crippen molar-refractivity contribution in [1.29, 1.82) is 0 Å². The van der Waals surface area contributed by atoms with Gasteiger partial charge in [0.2, 0.25) is 0 Å². The molecular weight excluding hydrogens is 366 g/mol. The van der Waals surface area contributed by atoms with Crippen LogP contribution in [0.5, 0.6) is 5.75 Å². The van der Waals surface area contributed by atoms with Crippen molar-refractivity contribution in [2.45, 2.75) is 19.1 Å². The molecule has 5 nitrogen and oxygen atoms in total. The van der Waals surface area contributed by atoms with Gasteiger partial charge in [0.25, 0.3) is 0 Å². The first kappa shape index (κ1) is 21.0. The zero-order valence-corrected chi connectivity index (χ0v) is 16.1. The molecule has 0 aromatic heterocycles. The highest BCUT2D eigenvalue weighted by Crippen LogP contribution is 2.17. The predicted octanol–water partition coefficient (Wildman–Crippen LogP) is 3.62. The minimum absolute atomic E-state index is 0.0535. The number of benzene rings is 2. The van der Waals surface area contributed by atoms with Crippen LogP contribution in [0.25, 0.3) is 6.08 Å². The molecule has 0 bridgehead atoms.